The van der Waals surface area contributed by atoms with Crippen molar-refractivity contribution in [1.82, 2.24) is 9.62 Å². The standard InChI is InChI=1S/C23H31N3O2S/c1-17-8-11-22(26-14-12-25(3)13-15-26)21-16-19(9-10-20(17)21)24-29(27,28)23-7-5-4-6-18(23)2/h4-8,11,19,24H,9-10,12-16H2,1-3H3/t19-/m1/s1. The van der Waals surface area contributed by atoms with Crippen molar-refractivity contribution in [2.45, 2.75) is 44.0 Å². The molecule has 0 unspecified atom stereocenters. The average Bonchev–Trinajstić information content (AvgIpc) is 2.69. The highest BCUT2D eigenvalue weighted by atomic mass is 32.2. The maximum atomic E-state index is 13.0. The number of aryl methyl sites for hydroxylation is 2. The molecule has 156 valence electrons. The number of piperazine rings is 1. The second kappa shape index (κ2) is 8.09. The lowest BCUT2D eigenvalue weighted by molar-refractivity contribution is 0.312. The van der Waals surface area contributed by atoms with Gasteiger partial charge in [-0.2, -0.15) is 0 Å². The zero-order valence-electron chi connectivity index (χ0n) is 17.6. The number of likely N-dealkylation sites (N-methyl/N-ethyl adjacent to an activating group) is 1. The molecule has 1 fully saturated rings. The molecule has 2 aliphatic rings. The molecule has 4 rings (SSSR count). The van der Waals surface area contributed by atoms with Crippen LogP contribution in [0.3, 0.4) is 0 Å². The maximum absolute atomic E-state index is 13.0. The summed E-state index contributed by atoms with van der Waals surface area (Å²) in [6.45, 7) is 8.18. The number of nitrogens with one attached hydrogen (secondary N) is 1. The molecule has 1 N–H and O–H groups in total. The van der Waals surface area contributed by atoms with Crippen LogP contribution in [0, 0.1) is 13.8 Å². The number of benzene rings is 2. The lowest BCUT2D eigenvalue weighted by Crippen LogP contribution is -2.45. The van der Waals surface area contributed by atoms with Crippen LogP contribution in [0.4, 0.5) is 5.69 Å². The summed E-state index contributed by atoms with van der Waals surface area (Å²) in [4.78, 5) is 5.21. The normalized spacial score (nSPS) is 20.5. The van der Waals surface area contributed by atoms with E-state index in [1.54, 1.807) is 12.1 Å². The SMILES string of the molecule is Cc1ccccc1S(=O)(=O)N[C@@H]1CCc2c(C)ccc(N3CCN(C)CC3)c2C1. The summed E-state index contributed by atoms with van der Waals surface area (Å²) >= 11 is 0. The molecule has 0 bridgehead atoms. The van der Waals surface area contributed by atoms with Gasteiger partial charge >= 0.3 is 0 Å². The highest BCUT2D eigenvalue weighted by Crippen LogP contribution is 2.34. The summed E-state index contributed by atoms with van der Waals surface area (Å²) in [5, 5.41) is 0. The predicted octanol–water partition coefficient (Wildman–Crippen LogP) is 2.89. The fourth-order valence-corrected chi connectivity index (χ4v) is 6.14. The van der Waals surface area contributed by atoms with Gasteiger partial charge in [0.05, 0.1) is 4.90 Å². The van der Waals surface area contributed by atoms with Crippen molar-refractivity contribution in [2.24, 2.45) is 0 Å². The van der Waals surface area contributed by atoms with Crippen LogP contribution in [0.25, 0.3) is 0 Å². The van der Waals surface area contributed by atoms with Crippen molar-refractivity contribution in [2.75, 3.05) is 38.1 Å². The van der Waals surface area contributed by atoms with E-state index in [9.17, 15) is 8.42 Å². The van der Waals surface area contributed by atoms with Gasteiger partial charge in [0, 0.05) is 37.9 Å². The van der Waals surface area contributed by atoms with Crippen LogP contribution in [0.1, 0.15) is 28.7 Å². The van der Waals surface area contributed by atoms with E-state index >= 15 is 0 Å². The van der Waals surface area contributed by atoms with E-state index in [4.69, 9.17) is 0 Å². The molecule has 29 heavy (non-hydrogen) atoms. The van der Waals surface area contributed by atoms with Gasteiger partial charge in [0.2, 0.25) is 10.0 Å². The summed E-state index contributed by atoms with van der Waals surface area (Å²) in [5.74, 6) is 0. The van der Waals surface area contributed by atoms with Gasteiger partial charge in [0.1, 0.15) is 0 Å². The Morgan fingerprint density at radius 1 is 0.931 bits per heavy atom. The molecule has 1 atom stereocenters. The minimum atomic E-state index is -3.52. The lowest BCUT2D eigenvalue weighted by atomic mass is 9.84. The van der Waals surface area contributed by atoms with Crippen LogP contribution < -0.4 is 9.62 Å². The molecule has 0 saturated carbocycles. The van der Waals surface area contributed by atoms with Crippen LogP contribution in [-0.4, -0.2) is 52.6 Å². The first-order chi connectivity index (χ1) is 13.8. The van der Waals surface area contributed by atoms with Crippen LogP contribution in [0.2, 0.25) is 0 Å². The van der Waals surface area contributed by atoms with Crippen molar-refractivity contribution in [3.05, 3.63) is 58.7 Å². The van der Waals surface area contributed by atoms with E-state index in [1.807, 2.05) is 19.1 Å². The first kappa shape index (κ1) is 20.4. The van der Waals surface area contributed by atoms with Gasteiger partial charge in [0.15, 0.2) is 0 Å². The van der Waals surface area contributed by atoms with Crippen LogP contribution in [0.5, 0.6) is 0 Å². The van der Waals surface area contributed by atoms with E-state index in [0.29, 0.717) is 4.90 Å². The molecule has 0 spiro atoms. The molecule has 0 amide bonds. The Morgan fingerprint density at radius 3 is 2.38 bits per heavy atom. The third kappa shape index (κ3) is 4.20. The Balaban J connectivity index is 1.59. The minimum absolute atomic E-state index is 0.0693. The van der Waals surface area contributed by atoms with E-state index in [1.165, 1.54) is 22.4 Å². The largest absolute Gasteiger partial charge is 0.369 e. The molecule has 0 radical (unpaired) electrons. The summed E-state index contributed by atoms with van der Waals surface area (Å²) in [6.07, 6.45) is 2.51. The maximum Gasteiger partial charge on any atom is 0.241 e. The molecule has 5 nitrogen and oxygen atoms in total. The van der Waals surface area contributed by atoms with Crippen molar-refractivity contribution in [3.8, 4) is 0 Å². The fourth-order valence-electron chi connectivity index (χ4n) is 4.63. The Labute approximate surface area is 174 Å². The van der Waals surface area contributed by atoms with Gasteiger partial charge in [0.25, 0.3) is 0 Å². The molecule has 1 aliphatic carbocycles. The van der Waals surface area contributed by atoms with Gasteiger partial charge in [-0.15, -0.1) is 0 Å². The van der Waals surface area contributed by atoms with Crippen molar-refractivity contribution >= 4 is 15.7 Å². The first-order valence-corrected chi connectivity index (χ1v) is 12.0. The number of fused-ring (bicyclic) bond motifs is 1. The molecular formula is C23H31N3O2S. The van der Waals surface area contributed by atoms with Crippen molar-refractivity contribution < 1.29 is 8.42 Å². The van der Waals surface area contributed by atoms with Crippen LogP contribution in [0.15, 0.2) is 41.3 Å². The van der Waals surface area contributed by atoms with Crippen molar-refractivity contribution in [1.29, 1.82) is 0 Å². The van der Waals surface area contributed by atoms with Crippen molar-refractivity contribution in [3.63, 3.8) is 0 Å². The summed E-state index contributed by atoms with van der Waals surface area (Å²) in [6, 6.07) is 11.6. The van der Waals surface area contributed by atoms with Gasteiger partial charge in [-0.1, -0.05) is 24.3 Å². The smallest absolute Gasteiger partial charge is 0.241 e. The van der Waals surface area contributed by atoms with E-state index < -0.39 is 10.0 Å². The average molecular weight is 414 g/mol. The number of sulfonamides is 1. The molecular weight excluding hydrogens is 382 g/mol. The first-order valence-electron chi connectivity index (χ1n) is 10.5. The zero-order valence-corrected chi connectivity index (χ0v) is 18.4. The molecule has 2 aromatic rings. The number of hydrogen-bond acceptors (Lipinski definition) is 4. The lowest BCUT2D eigenvalue weighted by Gasteiger charge is -2.37. The molecule has 2 aromatic carbocycles. The Bertz CT molecular complexity index is 995. The Kier molecular flexibility index (Phi) is 5.69. The third-order valence-corrected chi connectivity index (χ3v) is 8.06. The van der Waals surface area contributed by atoms with Gasteiger partial charge < -0.3 is 9.80 Å². The second-order valence-electron chi connectivity index (χ2n) is 8.48. The van der Waals surface area contributed by atoms with E-state index in [0.717, 1.165) is 51.0 Å². The molecule has 6 heteroatoms. The predicted molar refractivity (Wildman–Crippen MR) is 118 cm³/mol. The summed E-state index contributed by atoms with van der Waals surface area (Å²) in [5.41, 5.74) is 6.13. The van der Waals surface area contributed by atoms with Crippen LogP contribution in [-0.2, 0) is 22.9 Å². The van der Waals surface area contributed by atoms with Gasteiger partial charge in [-0.3, -0.25) is 0 Å². The molecule has 1 aliphatic heterocycles. The minimum Gasteiger partial charge on any atom is -0.369 e. The zero-order chi connectivity index (χ0) is 20.6. The van der Waals surface area contributed by atoms with Crippen LogP contribution >= 0.6 is 0 Å². The van der Waals surface area contributed by atoms with Gasteiger partial charge in [-0.05, 0) is 74.5 Å². The second-order valence-corrected chi connectivity index (χ2v) is 10.2. The van der Waals surface area contributed by atoms with E-state index in [-0.39, 0.29) is 6.04 Å². The summed E-state index contributed by atoms with van der Waals surface area (Å²) < 4.78 is 29.0. The number of hydrogen-bond donors (Lipinski definition) is 1. The summed E-state index contributed by atoms with van der Waals surface area (Å²) in [7, 11) is -1.35. The number of anilines is 1. The number of nitrogens with zero attached hydrogens (tertiary/aromatic N) is 2. The quantitative estimate of drug-likeness (QED) is 0.837. The van der Waals surface area contributed by atoms with E-state index in [2.05, 4.69) is 40.6 Å². The monoisotopic (exact) mass is 413 g/mol. The highest BCUT2D eigenvalue weighted by molar-refractivity contribution is 7.89. The third-order valence-electron chi connectivity index (χ3n) is 6.38. The Hall–Kier alpha value is -1.89. The fraction of sp³-hybridized carbons (Fsp3) is 0.478. The highest BCUT2D eigenvalue weighted by Gasteiger charge is 2.29. The van der Waals surface area contributed by atoms with Gasteiger partial charge in [-0.25, -0.2) is 13.1 Å². The molecule has 1 heterocycles. The Morgan fingerprint density at radius 2 is 1.66 bits per heavy atom. The number of rotatable bonds is 4. The molecule has 0 aromatic heterocycles. The molecule has 1 saturated heterocycles. The topological polar surface area (TPSA) is 52.7 Å².